The fraction of sp³-hybridized carbons (Fsp3) is 0.632. The molecule has 2 aliphatic rings. The van der Waals surface area contributed by atoms with Crippen molar-refractivity contribution in [3.8, 4) is 0 Å². The molecule has 0 radical (unpaired) electrons. The lowest BCUT2D eigenvalue weighted by Gasteiger charge is -2.43. The van der Waals surface area contributed by atoms with Crippen molar-refractivity contribution in [1.82, 2.24) is 4.90 Å². The van der Waals surface area contributed by atoms with E-state index < -0.39 is 0 Å². The van der Waals surface area contributed by atoms with Crippen molar-refractivity contribution >= 4 is 11.6 Å². The lowest BCUT2D eigenvalue weighted by atomic mass is 9.98. The van der Waals surface area contributed by atoms with Crippen molar-refractivity contribution in [3.05, 3.63) is 29.3 Å². The van der Waals surface area contributed by atoms with E-state index in [1.165, 1.54) is 5.56 Å². The number of hydrogen-bond donors (Lipinski definition) is 1. The Hall–Kier alpha value is -1.43. The molecule has 0 unspecified atom stereocenters. The van der Waals surface area contributed by atoms with Gasteiger partial charge in [-0.25, -0.2) is 0 Å². The number of para-hydroxylation sites is 1. The van der Waals surface area contributed by atoms with Crippen LogP contribution >= 0.6 is 0 Å². The number of rotatable bonds is 4. The van der Waals surface area contributed by atoms with Gasteiger partial charge in [0, 0.05) is 24.9 Å². The van der Waals surface area contributed by atoms with Crippen LogP contribution in [0.15, 0.2) is 18.2 Å². The Balaban J connectivity index is 1.67. The summed E-state index contributed by atoms with van der Waals surface area (Å²) in [6, 6.07) is 6.48. The smallest absolute Gasteiger partial charge is 0.238 e. The van der Waals surface area contributed by atoms with Crippen molar-refractivity contribution in [2.45, 2.75) is 45.3 Å². The van der Waals surface area contributed by atoms with Crippen molar-refractivity contribution < 1.29 is 14.3 Å². The number of morpholine rings is 1. The molecule has 5 nitrogen and oxygen atoms in total. The van der Waals surface area contributed by atoms with Gasteiger partial charge in [0.05, 0.1) is 25.9 Å². The zero-order valence-corrected chi connectivity index (χ0v) is 14.9. The van der Waals surface area contributed by atoms with Crippen LogP contribution in [0, 0.1) is 6.92 Å². The molecule has 0 aromatic heterocycles. The molecule has 0 saturated carbocycles. The summed E-state index contributed by atoms with van der Waals surface area (Å²) in [5.41, 5.74) is 3.27. The topological polar surface area (TPSA) is 50.8 Å². The minimum absolute atomic E-state index is 0.0540. The number of aryl methyl sites for hydroxylation is 1. The van der Waals surface area contributed by atoms with Gasteiger partial charge in [0.1, 0.15) is 0 Å². The summed E-state index contributed by atoms with van der Waals surface area (Å²) < 4.78 is 11.3. The van der Waals surface area contributed by atoms with Crippen LogP contribution in [-0.2, 0) is 14.3 Å². The molecular weight excluding hydrogens is 304 g/mol. The van der Waals surface area contributed by atoms with Crippen LogP contribution in [0.3, 0.4) is 0 Å². The van der Waals surface area contributed by atoms with E-state index in [0.717, 1.165) is 30.8 Å². The van der Waals surface area contributed by atoms with E-state index in [0.29, 0.717) is 31.7 Å². The van der Waals surface area contributed by atoms with Gasteiger partial charge in [0.2, 0.25) is 5.91 Å². The van der Waals surface area contributed by atoms with Crippen LogP contribution in [-0.4, -0.2) is 55.9 Å². The summed E-state index contributed by atoms with van der Waals surface area (Å²) >= 11 is 0. The minimum Gasteiger partial charge on any atom is -0.379 e. The average Bonchev–Trinajstić information content (AvgIpc) is 2.57. The Morgan fingerprint density at radius 2 is 2.21 bits per heavy atom. The fourth-order valence-electron chi connectivity index (χ4n) is 3.67. The van der Waals surface area contributed by atoms with Crippen molar-refractivity contribution in [1.29, 1.82) is 0 Å². The number of nitrogens with zero attached hydrogens (tertiary/aromatic N) is 1. The number of carbonyl (C=O) groups excluding carboxylic acids is 1. The molecule has 0 bridgehead atoms. The predicted molar refractivity (Wildman–Crippen MR) is 94.4 cm³/mol. The second-order valence-electron chi connectivity index (χ2n) is 7.05. The number of hydrogen-bond acceptors (Lipinski definition) is 4. The van der Waals surface area contributed by atoms with Gasteiger partial charge in [-0.3, -0.25) is 9.69 Å². The highest BCUT2D eigenvalue weighted by Crippen LogP contribution is 2.28. The van der Waals surface area contributed by atoms with Gasteiger partial charge in [-0.15, -0.1) is 0 Å². The zero-order chi connectivity index (χ0) is 17.1. The maximum Gasteiger partial charge on any atom is 0.238 e. The van der Waals surface area contributed by atoms with Crippen molar-refractivity contribution in [3.63, 3.8) is 0 Å². The van der Waals surface area contributed by atoms with Crippen LogP contribution < -0.4 is 5.32 Å². The summed E-state index contributed by atoms with van der Waals surface area (Å²) in [7, 11) is 0. The van der Waals surface area contributed by atoms with Crippen LogP contribution in [0.1, 0.15) is 37.3 Å². The van der Waals surface area contributed by atoms with E-state index in [2.05, 4.69) is 36.2 Å². The second-order valence-corrected chi connectivity index (χ2v) is 7.05. The lowest BCUT2D eigenvalue weighted by molar-refractivity contribution is -0.142. The summed E-state index contributed by atoms with van der Waals surface area (Å²) in [6.07, 6.45) is 1.03. The first-order chi connectivity index (χ1) is 11.6. The quantitative estimate of drug-likeness (QED) is 0.921. The Kier molecular flexibility index (Phi) is 5.54. The SMILES string of the molecule is Cc1cccc(C(C)C)c1NC(=O)CN1CCO[C@@H]2COCC[C@@H]21. The lowest BCUT2D eigenvalue weighted by Crippen LogP contribution is -2.57. The van der Waals surface area contributed by atoms with Crippen molar-refractivity contribution in [2.24, 2.45) is 0 Å². The molecule has 2 atom stereocenters. The number of ether oxygens (including phenoxy) is 2. The summed E-state index contributed by atoms with van der Waals surface area (Å²) in [6.45, 7) is 9.62. The van der Waals surface area contributed by atoms with Gasteiger partial charge in [0.25, 0.3) is 0 Å². The third-order valence-corrected chi connectivity index (χ3v) is 4.99. The maximum absolute atomic E-state index is 12.7. The van der Waals surface area contributed by atoms with E-state index >= 15 is 0 Å². The van der Waals surface area contributed by atoms with E-state index in [1.807, 2.05) is 13.0 Å². The molecule has 1 aromatic rings. The largest absolute Gasteiger partial charge is 0.379 e. The molecule has 1 amide bonds. The van der Waals surface area contributed by atoms with Crippen LogP contribution in [0.4, 0.5) is 5.69 Å². The van der Waals surface area contributed by atoms with Crippen LogP contribution in [0.25, 0.3) is 0 Å². The van der Waals surface area contributed by atoms with E-state index in [4.69, 9.17) is 9.47 Å². The van der Waals surface area contributed by atoms with E-state index in [9.17, 15) is 4.79 Å². The molecule has 1 N–H and O–H groups in total. The average molecular weight is 332 g/mol. The maximum atomic E-state index is 12.7. The number of nitrogens with one attached hydrogen (secondary N) is 1. The molecule has 24 heavy (non-hydrogen) atoms. The zero-order valence-electron chi connectivity index (χ0n) is 14.9. The molecule has 5 heteroatoms. The molecule has 1 aromatic carbocycles. The standard InChI is InChI=1S/C19H28N2O3/c1-13(2)15-6-4-5-14(3)19(15)20-18(22)11-21-8-10-24-17-12-23-9-7-16(17)21/h4-6,13,16-17H,7-12H2,1-3H3,(H,20,22)/t16-,17+/m0/s1. The molecule has 2 heterocycles. The molecule has 0 spiro atoms. The molecule has 132 valence electrons. The van der Waals surface area contributed by atoms with Gasteiger partial charge >= 0.3 is 0 Å². The highest BCUT2D eigenvalue weighted by atomic mass is 16.5. The molecule has 2 fully saturated rings. The van der Waals surface area contributed by atoms with Crippen LogP contribution in [0.5, 0.6) is 0 Å². The van der Waals surface area contributed by atoms with E-state index in [1.54, 1.807) is 0 Å². The number of benzene rings is 1. The minimum atomic E-state index is 0.0540. The summed E-state index contributed by atoms with van der Waals surface area (Å²) in [5, 5.41) is 3.15. The van der Waals surface area contributed by atoms with Gasteiger partial charge in [-0.1, -0.05) is 32.0 Å². The highest BCUT2D eigenvalue weighted by Gasteiger charge is 2.35. The Bertz CT molecular complexity index is 586. The van der Waals surface area contributed by atoms with Gasteiger partial charge in [-0.2, -0.15) is 0 Å². The first-order valence-corrected chi connectivity index (χ1v) is 8.89. The van der Waals surface area contributed by atoms with E-state index in [-0.39, 0.29) is 12.0 Å². The van der Waals surface area contributed by atoms with Gasteiger partial charge in [-0.05, 0) is 30.4 Å². The molecular formula is C19H28N2O3. The van der Waals surface area contributed by atoms with Crippen molar-refractivity contribution in [2.75, 3.05) is 38.2 Å². The summed E-state index contributed by atoms with van der Waals surface area (Å²) in [5.74, 6) is 0.432. The first-order valence-electron chi connectivity index (χ1n) is 8.89. The highest BCUT2D eigenvalue weighted by molar-refractivity contribution is 5.94. The monoisotopic (exact) mass is 332 g/mol. The fourth-order valence-corrected chi connectivity index (χ4v) is 3.67. The molecule has 0 aliphatic carbocycles. The molecule has 2 saturated heterocycles. The van der Waals surface area contributed by atoms with Crippen LogP contribution in [0.2, 0.25) is 0 Å². The first kappa shape index (κ1) is 17.4. The third kappa shape index (κ3) is 3.79. The second kappa shape index (κ2) is 7.64. The Morgan fingerprint density at radius 1 is 1.38 bits per heavy atom. The predicted octanol–water partition coefficient (Wildman–Crippen LogP) is 2.55. The number of fused-ring (bicyclic) bond motifs is 1. The Morgan fingerprint density at radius 3 is 3.00 bits per heavy atom. The number of amides is 1. The summed E-state index contributed by atoms with van der Waals surface area (Å²) in [4.78, 5) is 14.9. The molecule has 2 aliphatic heterocycles. The molecule has 3 rings (SSSR count). The normalized spacial score (nSPS) is 24.7. The number of anilines is 1. The van der Waals surface area contributed by atoms with Gasteiger partial charge in [0.15, 0.2) is 0 Å². The van der Waals surface area contributed by atoms with Gasteiger partial charge < -0.3 is 14.8 Å². The third-order valence-electron chi connectivity index (χ3n) is 4.99. The number of carbonyl (C=O) groups is 1. The Labute approximate surface area is 144 Å².